The van der Waals surface area contributed by atoms with Crippen LogP contribution in [0.4, 0.5) is 0 Å². The van der Waals surface area contributed by atoms with Gasteiger partial charge in [-0.1, -0.05) is 0 Å². The fourth-order valence-corrected chi connectivity index (χ4v) is 4.07. The molecule has 124 valence electrons. The van der Waals surface area contributed by atoms with Crippen molar-refractivity contribution in [2.75, 3.05) is 13.7 Å². The molecule has 0 N–H and O–H groups in total. The zero-order valence-corrected chi connectivity index (χ0v) is 14.8. The summed E-state index contributed by atoms with van der Waals surface area (Å²) in [6.07, 6.45) is 1.99. The number of likely N-dealkylation sites (tertiary alicyclic amines) is 1. The number of aromatic nitrogens is 3. The van der Waals surface area contributed by atoms with E-state index in [1.165, 1.54) is 16.9 Å². The van der Waals surface area contributed by atoms with Gasteiger partial charge in [-0.2, -0.15) is 5.10 Å². The highest BCUT2D eigenvalue weighted by molar-refractivity contribution is 7.09. The molecule has 1 atom stereocenters. The summed E-state index contributed by atoms with van der Waals surface area (Å²) in [7, 11) is 3.58. The van der Waals surface area contributed by atoms with Gasteiger partial charge in [0.15, 0.2) is 0 Å². The number of thiazole rings is 1. The second kappa shape index (κ2) is 6.41. The van der Waals surface area contributed by atoms with E-state index < -0.39 is 0 Å². The van der Waals surface area contributed by atoms with E-state index in [1.54, 1.807) is 7.11 Å². The van der Waals surface area contributed by atoms with Gasteiger partial charge in [-0.3, -0.25) is 9.48 Å². The Balaban J connectivity index is 1.87. The van der Waals surface area contributed by atoms with Crippen molar-refractivity contribution in [1.82, 2.24) is 19.7 Å². The van der Waals surface area contributed by atoms with Crippen molar-refractivity contribution < 1.29 is 9.53 Å². The summed E-state index contributed by atoms with van der Waals surface area (Å²) in [5.74, 6) is 0.00811. The first-order valence-electron chi connectivity index (χ1n) is 7.77. The fraction of sp³-hybridized carbons (Fsp3) is 0.562. The van der Waals surface area contributed by atoms with Gasteiger partial charge in [-0.25, -0.2) is 4.98 Å². The second-order valence-corrected chi connectivity index (χ2v) is 6.87. The summed E-state index contributed by atoms with van der Waals surface area (Å²) in [6, 6.07) is 0.101. The van der Waals surface area contributed by atoms with Crippen LogP contribution < -0.4 is 0 Å². The molecule has 1 amide bonds. The van der Waals surface area contributed by atoms with E-state index in [4.69, 9.17) is 4.74 Å². The van der Waals surface area contributed by atoms with Crippen LogP contribution >= 0.6 is 11.3 Å². The average Bonchev–Trinajstić information content (AvgIpc) is 3.20. The summed E-state index contributed by atoms with van der Waals surface area (Å²) >= 11 is 1.47. The first-order chi connectivity index (χ1) is 11.0. The van der Waals surface area contributed by atoms with Gasteiger partial charge in [0.2, 0.25) is 0 Å². The Morgan fingerprint density at radius 1 is 1.48 bits per heavy atom. The van der Waals surface area contributed by atoms with E-state index in [0.717, 1.165) is 35.8 Å². The topological polar surface area (TPSA) is 60.2 Å². The molecule has 2 aromatic heterocycles. The molecular weight excluding hydrogens is 312 g/mol. The SMILES string of the molecule is COCc1nc(C(=O)N2CCC[C@@H]2c2c(C)nn(C)c2C)cs1. The molecule has 7 heteroatoms. The van der Waals surface area contributed by atoms with Crippen molar-refractivity contribution in [1.29, 1.82) is 0 Å². The number of nitrogens with zero attached hydrogens (tertiary/aromatic N) is 4. The Labute approximate surface area is 140 Å². The lowest BCUT2D eigenvalue weighted by Crippen LogP contribution is -2.31. The first kappa shape index (κ1) is 16.1. The molecule has 0 bridgehead atoms. The van der Waals surface area contributed by atoms with Gasteiger partial charge in [-0.05, 0) is 26.7 Å². The quantitative estimate of drug-likeness (QED) is 0.862. The molecule has 3 rings (SSSR count). The number of hydrogen-bond acceptors (Lipinski definition) is 5. The van der Waals surface area contributed by atoms with Crippen LogP contribution in [0.2, 0.25) is 0 Å². The minimum absolute atomic E-state index is 0.00811. The molecule has 0 aliphatic carbocycles. The maximum atomic E-state index is 12.9. The molecule has 1 aliphatic heterocycles. The summed E-state index contributed by atoms with van der Waals surface area (Å²) in [5, 5.41) is 7.16. The highest BCUT2D eigenvalue weighted by Crippen LogP contribution is 2.36. The summed E-state index contributed by atoms with van der Waals surface area (Å²) in [4.78, 5) is 19.2. The van der Waals surface area contributed by atoms with Crippen LogP contribution in [0.5, 0.6) is 0 Å². The third-order valence-electron chi connectivity index (χ3n) is 4.45. The number of methoxy groups -OCH3 is 1. The molecule has 0 aromatic carbocycles. The highest BCUT2D eigenvalue weighted by atomic mass is 32.1. The number of amides is 1. The van der Waals surface area contributed by atoms with Crippen molar-refractivity contribution in [3.63, 3.8) is 0 Å². The van der Waals surface area contributed by atoms with Crippen LogP contribution in [-0.2, 0) is 18.4 Å². The lowest BCUT2D eigenvalue weighted by atomic mass is 10.0. The largest absolute Gasteiger partial charge is 0.378 e. The smallest absolute Gasteiger partial charge is 0.273 e. The van der Waals surface area contributed by atoms with Crippen molar-refractivity contribution in [2.24, 2.45) is 7.05 Å². The molecule has 2 aromatic rings. The summed E-state index contributed by atoms with van der Waals surface area (Å²) in [5.41, 5.74) is 3.84. The molecular formula is C16H22N4O2S. The first-order valence-corrected chi connectivity index (χ1v) is 8.65. The van der Waals surface area contributed by atoms with E-state index >= 15 is 0 Å². The number of ether oxygens (including phenoxy) is 1. The number of carbonyl (C=O) groups excluding carboxylic acids is 1. The monoisotopic (exact) mass is 334 g/mol. The van der Waals surface area contributed by atoms with Crippen molar-refractivity contribution in [3.8, 4) is 0 Å². The lowest BCUT2D eigenvalue weighted by Gasteiger charge is -2.24. The van der Waals surface area contributed by atoms with Crippen LogP contribution in [0.15, 0.2) is 5.38 Å². The maximum absolute atomic E-state index is 12.9. The molecule has 0 unspecified atom stereocenters. The molecule has 1 fully saturated rings. The molecule has 23 heavy (non-hydrogen) atoms. The Hall–Kier alpha value is -1.73. The van der Waals surface area contributed by atoms with E-state index in [9.17, 15) is 4.79 Å². The Bertz CT molecular complexity index is 722. The Morgan fingerprint density at radius 3 is 2.91 bits per heavy atom. The number of aryl methyl sites for hydroxylation is 2. The molecule has 1 aliphatic rings. The molecule has 1 saturated heterocycles. The lowest BCUT2D eigenvalue weighted by molar-refractivity contribution is 0.0729. The minimum Gasteiger partial charge on any atom is -0.378 e. The van der Waals surface area contributed by atoms with Crippen molar-refractivity contribution in [2.45, 2.75) is 39.3 Å². The molecule has 0 saturated carbocycles. The van der Waals surface area contributed by atoms with Crippen LogP contribution in [0.25, 0.3) is 0 Å². The van der Waals surface area contributed by atoms with E-state index in [-0.39, 0.29) is 11.9 Å². The summed E-state index contributed by atoms with van der Waals surface area (Å²) in [6.45, 7) is 5.30. The minimum atomic E-state index is 0.00811. The zero-order chi connectivity index (χ0) is 16.6. The van der Waals surface area contributed by atoms with Gasteiger partial charge < -0.3 is 9.64 Å². The second-order valence-electron chi connectivity index (χ2n) is 5.92. The van der Waals surface area contributed by atoms with Gasteiger partial charge in [0.1, 0.15) is 10.7 Å². The fourth-order valence-electron chi connectivity index (χ4n) is 3.33. The predicted octanol–water partition coefficient (Wildman–Crippen LogP) is 2.62. The predicted molar refractivity (Wildman–Crippen MR) is 88.5 cm³/mol. The molecule has 6 nitrogen and oxygen atoms in total. The Kier molecular flexibility index (Phi) is 4.50. The standard InChI is InChI=1S/C16H22N4O2S/c1-10-15(11(2)19(3)18-10)13-6-5-7-20(13)16(21)12-9-23-14(17-12)8-22-4/h9,13H,5-8H2,1-4H3/t13-/m1/s1. The van der Waals surface area contributed by atoms with Crippen molar-refractivity contribution >= 4 is 17.2 Å². The van der Waals surface area contributed by atoms with Gasteiger partial charge >= 0.3 is 0 Å². The number of rotatable bonds is 4. The van der Waals surface area contributed by atoms with Gasteiger partial charge in [0.25, 0.3) is 5.91 Å². The van der Waals surface area contributed by atoms with Gasteiger partial charge in [0, 0.05) is 37.3 Å². The third-order valence-corrected chi connectivity index (χ3v) is 5.27. The molecule has 0 spiro atoms. The van der Waals surface area contributed by atoms with Crippen molar-refractivity contribution in [3.05, 3.63) is 33.0 Å². The van der Waals surface area contributed by atoms with Crippen LogP contribution in [0.1, 0.15) is 51.3 Å². The third kappa shape index (κ3) is 2.90. The van der Waals surface area contributed by atoms with Gasteiger partial charge in [-0.15, -0.1) is 11.3 Å². The number of hydrogen-bond donors (Lipinski definition) is 0. The van der Waals surface area contributed by atoms with E-state index in [0.29, 0.717) is 12.3 Å². The maximum Gasteiger partial charge on any atom is 0.273 e. The van der Waals surface area contributed by atoms with E-state index in [1.807, 2.05) is 28.9 Å². The number of carbonyl (C=O) groups is 1. The van der Waals surface area contributed by atoms with Crippen LogP contribution in [0, 0.1) is 13.8 Å². The molecule has 3 heterocycles. The normalized spacial score (nSPS) is 17.9. The highest BCUT2D eigenvalue weighted by Gasteiger charge is 2.34. The van der Waals surface area contributed by atoms with Gasteiger partial charge in [0.05, 0.1) is 18.3 Å². The average molecular weight is 334 g/mol. The van der Waals surface area contributed by atoms with Crippen LogP contribution in [0.3, 0.4) is 0 Å². The van der Waals surface area contributed by atoms with Crippen LogP contribution in [-0.4, -0.2) is 39.2 Å². The zero-order valence-electron chi connectivity index (χ0n) is 14.0. The molecule has 0 radical (unpaired) electrons. The Morgan fingerprint density at radius 2 is 2.26 bits per heavy atom. The summed E-state index contributed by atoms with van der Waals surface area (Å²) < 4.78 is 6.98. The van der Waals surface area contributed by atoms with E-state index in [2.05, 4.69) is 17.0 Å².